The third-order valence-electron chi connectivity index (χ3n) is 2.71. The molecule has 2 amide bonds. The molecule has 0 fully saturated rings. The normalized spacial score (nSPS) is 11.8. The Kier molecular flexibility index (Phi) is 5.07. The molecule has 0 aliphatic carbocycles. The van der Waals surface area contributed by atoms with E-state index in [-0.39, 0.29) is 21.4 Å². The van der Waals surface area contributed by atoms with E-state index in [9.17, 15) is 14.7 Å². The summed E-state index contributed by atoms with van der Waals surface area (Å²) < 4.78 is 5.09. The highest BCUT2D eigenvalue weighted by Crippen LogP contribution is 2.23. The molecule has 1 heterocycles. The minimum atomic E-state index is -1.53. The summed E-state index contributed by atoms with van der Waals surface area (Å²) in [6.45, 7) is 1.68. The van der Waals surface area contributed by atoms with Crippen LogP contribution in [-0.2, 0) is 4.79 Å². The zero-order valence-corrected chi connectivity index (χ0v) is 12.9. The Morgan fingerprint density at radius 3 is 2.32 bits per heavy atom. The maximum atomic E-state index is 11.8. The second-order valence-electron chi connectivity index (χ2n) is 4.46. The van der Waals surface area contributed by atoms with Gasteiger partial charge in [-0.15, -0.1) is 0 Å². The first-order valence-corrected chi connectivity index (χ1v) is 6.93. The van der Waals surface area contributed by atoms with E-state index in [2.05, 4.69) is 10.9 Å². The number of aliphatic hydroxyl groups is 1. The van der Waals surface area contributed by atoms with Gasteiger partial charge in [0, 0.05) is 10.0 Å². The van der Waals surface area contributed by atoms with Crippen molar-refractivity contribution in [1.82, 2.24) is 10.9 Å². The summed E-state index contributed by atoms with van der Waals surface area (Å²) in [7, 11) is 0. The predicted octanol–water partition coefficient (Wildman–Crippen LogP) is 2.39. The van der Waals surface area contributed by atoms with E-state index in [0.717, 1.165) is 0 Å². The van der Waals surface area contributed by atoms with E-state index in [1.54, 1.807) is 13.0 Å². The fourth-order valence-corrected chi connectivity index (χ4v) is 2.23. The van der Waals surface area contributed by atoms with Gasteiger partial charge in [-0.1, -0.05) is 23.2 Å². The molecule has 0 aliphatic heterocycles. The molecule has 2 rings (SSSR count). The van der Waals surface area contributed by atoms with E-state index < -0.39 is 17.9 Å². The molecule has 6 nitrogen and oxygen atoms in total. The standard InChI is InChI=1S/C14H12Cl2N2O4/c1-7-2-3-11(22-7)13(20)17-18-14(21)12(19)8-4-9(15)6-10(16)5-8/h2-6,12,19H,1H3,(H,17,20)(H,18,21). The van der Waals surface area contributed by atoms with Crippen LogP contribution in [0.25, 0.3) is 0 Å². The molecule has 1 aromatic carbocycles. The molecule has 1 atom stereocenters. The smallest absolute Gasteiger partial charge is 0.305 e. The molecule has 0 saturated heterocycles. The summed E-state index contributed by atoms with van der Waals surface area (Å²) in [4.78, 5) is 23.5. The fourth-order valence-electron chi connectivity index (χ4n) is 1.69. The monoisotopic (exact) mass is 342 g/mol. The Balaban J connectivity index is 1.98. The zero-order valence-electron chi connectivity index (χ0n) is 11.4. The average molecular weight is 343 g/mol. The molecule has 8 heteroatoms. The summed E-state index contributed by atoms with van der Waals surface area (Å²) in [6.07, 6.45) is -1.53. The van der Waals surface area contributed by atoms with Crippen molar-refractivity contribution in [3.05, 3.63) is 57.5 Å². The number of carbonyl (C=O) groups is 2. The van der Waals surface area contributed by atoms with Crippen LogP contribution in [0.3, 0.4) is 0 Å². The molecule has 0 spiro atoms. The Hall–Kier alpha value is -2.02. The number of nitrogens with one attached hydrogen (secondary N) is 2. The molecule has 116 valence electrons. The van der Waals surface area contributed by atoms with Gasteiger partial charge in [-0.2, -0.15) is 0 Å². The number of furan rings is 1. The molecule has 0 bridgehead atoms. The maximum absolute atomic E-state index is 11.8. The lowest BCUT2D eigenvalue weighted by Crippen LogP contribution is -2.43. The SMILES string of the molecule is Cc1ccc(C(=O)NNC(=O)C(O)c2cc(Cl)cc(Cl)c2)o1. The second kappa shape index (κ2) is 6.83. The van der Waals surface area contributed by atoms with Gasteiger partial charge in [-0.25, -0.2) is 0 Å². The molecule has 2 aromatic rings. The van der Waals surface area contributed by atoms with Crippen LogP contribution >= 0.6 is 23.2 Å². The molecular formula is C14H12Cl2N2O4. The predicted molar refractivity (Wildman–Crippen MR) is 80.5 cm³/mol. The van der Waals surface area contributed by atoms with Gasteiger partial charge in [0.2, 0.25) is 0 Å². The lowest BCUT2D eigenvalue weighted by atomic mass is 10.1. The van der Waals surface area contributed by atoms with Crippen molar-refractivity contribution in [2.45, 2.75) is 13.0 Å². The Labute approximate surface area is 136 Å². The maximum Gasteiger partial charge on any atom is 0.305 e. The van der Waals surface area contributed by atoms with Crippen molar-refractivity contribution in [2.75, 3.05) is 0 Å². The van der Waals surface area contributed by atoms with Crippen molar-refractivity contribution in [1.29, 1.82) is 0 Å². The van der Waals surface area contributed by atoms with Gasteiger partial charge in [0.25, 0.3) is 5.91 Å². The number of hydrazine groups is 1. The number of aliphatic hydroxyl groups excluding tert-OH is 1. The molecule has 22 heavy (non-hydrogen) atoms. The first kappa shape index (κ1) is 16.4. The van der Waals surface area contributed by atoms with E-state index in [1.165, 1.54) is 24.3 Å². The number of amides is 2. The third-order valence-corrected chi connectivity index (χ3v) is 3.15. The number of halogens is 2. The first-order chi connectivity index (χ1) is 10.4. The number of hydrogen-bond donors (Lipinski definition) is 3. The van der Waals surface area contributed by atoms with Crippen LogP contribution in [0.2, 0.25) is 10.0 Å². The molecule has 3 N–H and O–H groups in total. The summed E-state index contributed by atoms with van der Waals surface area (Å²) in [6, 6.07) is 7.34. The number of benzene rings is 1. The van der Waals surface area contributed by atoms with Gasteiger partial charge in [0.15, 0.2) is 11.9 Å². The van der Waals surface area contributed by atoms with Crippen LogP contribution in [0.1, 0.15) is 28.0 Å². The van der Waals surface area contributed by atoms with E-state index in [4.69, 9.17) is 27.6 Å². The van der Waals surface area contributed by atoms with Gasteiger partial charge >= 0.3 is 5.91 Å². The van der Waals surface area contributed by atoms with Gasteiger partial charge in [-0.05, 0) is 42.8 Å². The minimum absolute atomic E-state index is 0.0399. The zero-order chi connectivity index (χ0) is 16.3. The first-order valence-electron chi connectivity index (χ1n) is 6.17. The number of hydrogen-bond acceptors (Lipinski definition) is 4. The summed E-state index contributed by atoms with van der Waals surface area (Å²) >= 11 is 11.6. The quantitative estimate of drug-likeness (QED) is 0.747. The van der Waals surface area contributed by atoms with E-state index in [1.807, 2.05) is 0 Å². The molecule has 0 saturated carbocycles. The summed E-state index contributed by atoms with van der Waals surface area (Å²) in [5.74, 6) is -0.879. The van der Waals surface area contributed by atoms with E-state index >= 15 is 0 Å². The fraction of sp³-hybridized carbons (Fsp3) is 0.143. The van der Waals surface area contributed by atoms with Crippen LogP contribution in [0.4, 0.5) is 0 Å². The number of carbonyl (C=O) groups excluding carboxylic acids is 2. The lowest BCUT2D eigenvalue weighted by Gasteiger charge is -2.12. The third kappa shape index (κ3) is 4.00. The van der Waals surface area contributed by atoms with Gasteiger partial charge < -0.3 is 9.52 Å². The summed E-state index contributed by atoms with van der Waals surface area (Å²) in [5.41, 5.74) is 4.43. The minimum Gasteiger partial charge on any atom is -0.456 e. The molecule has 0 radical (unpaired) electrons. The van der Waals surface area contributed by atoms with Gasteiger partial charge in [-0.3, -0.25) is 20.4 Å². The van der Waals surface area contributed by atoms with Crippen molar-refractivity contribution in [2.24, 2.45) is 0 Å². The van der Waals surface area contributed by atoms with Gasteiger partial charge in [0.1, 0.15) is 5.76 Å². The second-order valence-corrected chi connectivity index (χ2v) is 5.33. The Morgan fingerprint density at radius 1 is 1.14 bits per heavy atom. The van der Waals surface area contributed by atoms with Crippen LogP contribution in [-0.4, -0.2) is 16.9 Å². The van der Waals surface area contributed by atoms with E-state index in [0.29, 0.717) is 5.76 Å². The van der Waals surface area contributed by atoms with Crippen molar-refractivity contribution < 1.29 is 19.1 Å². The molecular weight excluding hydrogens is 331 g/mol. The summed E-state index contributed by atoms with van der Waals surface area (Å²) in [5, 5.41) is 10.5. The largest absolute Gasteiger partial charge is 0.456 e. The highest BCUT2D eigenvalue weighted by atomic mass is 35.5. The molecule has 0 aliphatic rings. The van der Waals surface area contributed by atoms with Crippen LogP contribution < -0.4 is 10.9 Å². The lowest BCUT2D eigenvalue weighted by molar-refractivity contribution is -0.130. The highest BCUT2D eigenvalue weighted by molar-refractivity contribution is 6.34. The number of rotatable bonds is 3. The van der Waals surface area contributed by atoms with Crippen molar-refractivity contribution in [3.8, 4) is 0 Å². The Morgan fingerprint density at radius 2 is 1.77 bits per heavy atom. The van der Waals surface area contributed by atoms with Crippen LogP contribution in [0.5, 0.6) is 0 Å². The Bertz CT molecular complexity index is 694. The topological polar surface area (TPSA) is 91.6 Å². The van der Waals surface area contributed by atoms with Gasteiger partial charge in [0.05, 0.1) is 0 Å². The van der Waals surface area contributed by atoms with Crippen molar-refractivity contribution >= 4 is 35.0 Å². The van der Waals surface area contributed by atoms with Crippen LogP contribution in [0, 0.1) is 6.92 Å². The molecule has 1 aromatic heterocycles. The molecule has 1 unspecified atom stereocenters. The highest BCUT2D eigenvalue weighted by Gasteiger charge is 2.19. The average Bonchev–Trinajstić information content (AvgIpc) is 2.89. The van der Waals surface area contributed by atoms with Crippen molar-refractivity contribution in [3.63, 3.8) is 0 Å². The number of aryl methyl sites for hydroxylation is 1. The van der Waals surface area contributed by atoms with Crippen LogP contribution in [0.15, 0.2) is 34.7 Å².